The van der Waals surface area contributed by atoms with Gasteiger partial charge in [-0.15, -0.1) is 0 Å². The molecule has 102 valence electrons. The van der Waals surface area contributed by atoms with E-state index in [2.05, 4.69) is 33.8 Å². The Hall–Kier alpha value is 0.180. The summed E-state index contributed by atoms with van der Waals surface area (Å²) in [5.74, 6) is 1.08. The van der Waals surface area contributed by atoms with Gasteiger partial charge < -0.3 is 21.5 Å². The van der Waals surface area contributed by atoms with E-state index in [1.165, 1.54) is 56.3 Å². The van der Waals surface area contributed by atoms with Gasteiger partial charge in [0.05, 0.1) is 26.2 Å². The van der Waals surface area contributed by atoms with E-state index in [1.54, 1.807) is 5.57 Å². The lowest BCUT2D eigenvalue weighted by Crippen LogP contribution is -3.00. The highest BCUT2D eigenvalue weighted by Gasteiger charge is 2.23. The topological polar surface area (TPSA) is 0 Å². The highest BCUT2D eigenvalue weighted by atomic mass is 79.9. The molecule has 2 aliphatic rings. The summed E-state index contributed by atoms with van der Waals surface area (Å²) in [6, 6.07) is 0. The number of hydrogen-bond acceptors (Lipinski definition) is 0. The summed E-state index contributed by atoms with van der Waals surface area (Å²) in [6.45, 7) is 14.2. The monoisotopic (exact) mass is 303 g/mol. The fourth-order valence-corrected chi connectivity index (χ4v) is 3.03. The highest BCUT2D eigenvalue weighted by Crippen LogP contribution is 2.38. The fourth-order valence-electron chi connectivity index (χ4n) is 3.03. The van der Waals surface area contributed by atoms with Gasteiger partial charge in [-0.3, -0.25) is 0 Å². The third-order valence-electron chi connectivity index (χ3n) is 4.85. The summed E-state index contributed by atoms with van der Waals surface area (Å²) in [5, 5.41) is 0. The van der Waals surface area contributed by atoms with Gasteiger partial charge in [0, 0.05) is 0 Å². The summed E-state index contributed by atoms with van der Waals surface area (Å²) >= 11 is 0. The molecule has 1 nitrogen and oxygen atoms in total. The maximum atomic E-state index is 2.42. The summed E-state index contributed by atoms with van der Waals surface area (Å²) in [7, 11) is 0. The van der Waals surface area contributed by atoms with Gasteiger partial charge in [0.1, 0.15) is 0 Å². The molecular formula is C15H30BrN. The fraction of sp³-hybridized carbons (Fsp3) is 0.867. The molecule has 0 aliphatic heterocycles. The molecule has 1 fully saturated rings. The van der Waals surface area contributed by atoms with Crippen LogP contribution in [-0.4, -0.2) is 30.7 Å². The van der Waals surface area contributed by atoms with Gasteiger partial charge in [-0.1, -0.05) is 11.6 Å². The van der Waals surface area contributed by atoms with Gasteiger partial charge in [-0.2, -0.15) is 0 Å². The molecule has 0 N–H and O–H groups in total. The van der Waals surface area contributed by atoms with Crippen molar-refractivity contribution in [3.8, 4) is 0 Å². The van der Waals surface area contributed by atoms with Crippen LogP contribution in [0, 0.1) is 5.92 Å². The van der Waals surface area contributed by atoms with Gasteiger partial charge in [0.2, 0.25) is 0 Å². The Bertz CT molecular complexity index is 214. The molecule has 0 radical (unpaired) electrons. The Kier molecular flexibility index (Phi) is 8.40. The summed E-state index contributed by atoms with van der Waals surface area (Å²) < 4.78 is 1.28. The first-order chi connectivity index (χ1) is 7.69. The van der Waals surface area contributed by atoms with E-state index in [1.807, 2.05) is 0 Å². The maximum absolute atomic E-state index is 2.42. The van der Waals surface area contributed by atoms with Crippen LogP contribution >= 0.6 is 0 Å². The molecule has 2 rings (SSSR count). The van der Waals surface area contributed by atoms with Gasteiger partial charge in [-0.05, 0) is 59.3 Å². The van der Waals surface area contributed by atoms with E-state index in [4.69, 9.17) is 0 Å². The predicted octanol–water partition coefficient (Wildman–Crippen LogP) is 1.00. The number of quaternary nitrogens is 1. The molecule has 2 heteroatoms. The molecule has 17 heavy (non-hydrogen) atoms. The number of nitrogens with zero attached hydrogens (tertiary/aromatic N) is 1. The summed E-state index contributed by atoms with van der Waals surface area (Å²) in [5.41, 5.74) is 1.74. The molecule has 1 saturated carbocycles. The second kappa shape index (κ2) is 8.31. The van der Waals surface area contributed by atoms with Crippen molar-refractivity contribution >= 4 is 0 Å². The smallest absolute Gasteiger partial charge is 0.0757 e. The van der Waals surface area contributed by atoms with Crippen LogP contribution in [0.15, 0.2) is 11.6 Å². The van der Waals surface area contributed by atoms with Crippen LogP contribution in [0.4, 0.5) is 0 Å². The number of hydrogen-bond donors (Lipinski definition) is 0. The van der Waals surface area contributed by atoms with Crippen LogP contribution in [0.5, 0.6) is 0 Å². The Labute approximate surface area is 119 Å². The summed E-state index contributed by atoms with van der Waals surface area (Å²) in [6.07, 6.45) is 8.18. The van der Waals surface area contributed by atoms with Gasteiger partial charge in [0.25, 0.3) is 0 Å². The lowest BCUT2D eigenvalue weighted by Gasteiger charge is -2.34. The highest BCUT2D eigenvalue weighted by molar-refractivity contribution is 5.15. The largest absolute Gasteiger partial charge is 1.00 e. The lowest BCUT2D eigenvalue weighted by atomic mass is 10.1. The number of allylic oxidation sites excluding steroid dienone is 2. The zero-order valence-electron chi connectivity index (χ0n) is 12.1. The molecule has 0 aromatic rings. The Balaban J connectivity index is 0.000000288. The third-order valence-corrected chi connectivity index (χ3v) is 4.85. The van der Waals surface area contributed by atoms with Crippen molar-refractivity contribution in [2.75, 3.05) is 26.2 Å². The molecule has 1 atom stereocenters. The lowest BCUT2D eigenvalue weighted by molar-refractivity contribution is -0.921. The van der Waals surface area contributed by atoms with Crippen molar-refractivity contribution in [1.82, 2.24) is 0 Å². The minimum Gasteiger partial charge on any atom is -1.00 e. The second-order valence-corrected chi connectivity index (χ2v) is 5.31. The van der Waals surface area contributed by atoms with Crippen LogP contribution in [0.1, 0.15) is 53.4 Å². The normalized spacial score (nSPS) is 21.4. The van der Waals surface area contributed by atoms with Crippen molar-refractivity contribution in [3.63, 3.8) is 0 Å². The number of halogens is 1. The standard InChI is InChI=1S/C8H20N.C7H10.BrH/c1-5-9(6-2,7-3)8-4;1-2-7-4-3-6(1)5-7;/h5-8H2,1-4H3;1,7H,2-5H2;1H/q+1;;/p-1. The van der Waals surface area contributed by atoms with Gasteiger partial charge in [-0.25, -0.2) is 0 Å². The van der Waals surface area contributed by atoms with Crippen LogP contribution in [0.25, 0.3) is 0 Å². The SMILES string of the molecule is C1=C2CCC(C1)C2.CC[N+](CC)(CC)CC.[Br-]. The maximum Gasteiger partial charge on any atom is 0.0757 e. The van der Waals surface area contributed by atoms with Crippen LogP contribution in [0.2, 0.25) is 0 Å². The van der Waals surface area contributed by atoms with Crippen molar-refractivity contribution in [1.29, 1.82) is 0 Å². The molecule has 1 unspecified atom stereocenters. The van der Waals surface area contributed by atoms with Crippen molar-refractivity contribution in [2.24, 2.45) is 5.92 Å². The van der Waals surface area contributed by atoms with Crippen molar-refractivity contribution in [2.45, 2.75) is 53.4 Å². The van der Waals surface area contributed by atoms with Crippen molar-refractivity contribution < 1.29 is 21.5 Å². The van der Waals surface area contributed by atoms with E-state index in [0.29, 0.717) is 0 Å². The average Bonchev–Trinajstić information content (AvgIpc) is 2.98. The Morgan fingerprint density at radius 3 is 1.65 bits per heavy atom. The zero-order valence-corrected chi connectivity index (χ0v) is 13.7. The van der Waals surface area contributed by atoms with E-state index < -0.39 is 0 Å². The first-order valence-electron chi connectivity index (χ1n) is 7.22. The average molecular weight is 304 g/mol. The van der Waals surface area contributed by atoms with E-state index in [0.717, 1.165) is 5.92 Å². The van der Waals surface area contributed by atoms with E-state index in [9.17, 15) is 0 Å². The van der Waals surface area contributed by atoms with E-state index in [-0.39, 0.29) is 17.0 Å². The molecule has 2 aliphatic carbocycles. The predicted molar refractivity (Wildman–Crippen MR) is 72.5 cm³/mol. The molecule has 0 saturated heterocycles. The number of rotatable bonds is 4. The quantitative estimate of drug-likeness (QED) is 0.537. The summed E-state index contributed by atoms with van der Waals surface area (Å²) in [4.78, 5) is 0. The first kappa shape index (κ1) is 17.2. The third kappa shape index (κ3) is 4.75. The molecule has 0 aromatic heterocycles. The molecule has 0 amide bonds. The minimum atomic E-state index is 0. The zero-order chi connectivity index (χ0) is 12.0. The first-order valence-corrected chi connectivity index (χ1v) is 7.22. The molecule has 0 aromatic carbocycles. The second-order valence-electron chi connectivity index (χ2n) is 5.31. The van der Waals surface area contributed by atoms with Crippen LogP contribution in [0.3, 0.4) is 0 Å². The Morgan fingerprint density at radius 1 is 1.06 bits per heavy atom. The van der Waals surface area contributed by atoms with E-state index >= 15 is 0 Å². The minimum absolute atomic E-state index is 0. The Morgan fingerprint density at radius 2 is 1.59 bits per heavy atom. The number of fused-ring (bicyclic) bond motifs is 2. The molecule has 2 bridgehead atoms. The van der Waals surface area contributed by atoms with Crippen molar-refractivity contribution in [3.05, 3.63) is 11.6 Å². The molecular weight excluding hydrogens is 274 g/mol. The van der Waals surface area contributed by atoms with Gasteiger partial charge >= 0.3 is 0 Å². The van der Waals surface area contributed by atoms with Gasteiger partial charge in [0.15, 0.2) is 0 Å². The van der Waals surface area contributed by atoms with Crippen LogP contribution < -0.4 is 17.0 Å². The molecule has 0 spiro atoms. The molecule has 0 heterocycles. The van der Waals surface area contributed by atoms with Crippen LogP contribution in [-0.2, 0) is 0 Å².